The summed E-state index contributed by atoms with van der Waals surface area (Å²) in [4.78, 5) is 19.5. The quantitative estimate of drug-likeness (QED) is 0.406. The van der Waals surface area contributed by atoms with E-state index < -0.39 is 11.7 Å². The minimum absolute atomic E-state index is 0.326. The standard InChI is InChI=1S/C21H14F3N3OS/c22-21(23,24)15-3-1-13(17(12-15)20-26-9-10-29-20)2-6-19(28)27-16-4-5-18-14(11-16)7-8-25-18/h1-12,25H,(H,27,28)/b6-2+. The van der Waals surface area contributed by atoms with Gasteiger partial charge in [0, 0.05) is 46.0 Å². The number of amides is 1. The number of fused-ring (bicyclic) bond motifs is 1. The molecule has 4 rings (SSSR count). The van der Waals surface area contributed by atoms with Gasteiger partial charge >= 0.3 is 6.18 Å². The second-order valence-corrected chi connectivity index (χ2v) is 7.13. The first-order valence-electron chi connectivity index (χ1n) is 8.57. The molecule has 0 spiro atoms. The normalized spacial score (nSPS) is 12.0. The van der Waals surface area contributed by atoms with Crippen molar-refractivity contribution in [2.45, 2.75) is 6.18 Å². The van der Waals surface area contributed by atoms with Crippen molar-refractivity contribution in [1.29, 1.82) is 0 Å². The van der Waals surface area contributed by atoms with Gasteiger partial charge in [-0.25, -0.2) is 4.98 Å². The molecular formula is C21H14F3N3OS. The van der Waals surface area contributed by atoms with E-state index in [0.29, 0.717) is 21.8 Å². The Labute approximate surface area is 167 Å². The van der Waals surface area contributed by atoms with Crippen LogP contribution < -0.4 is 5.32 Å². The molecule has 2 heterocycles. The van der Waals surface area contributed by atoms with E-state index in [0.717, 1.165) is 23.0 Å². The van der Waals surface area contributed by atoms with Crippen LogP contribution in [0.1, 0.15) is 11.1 Å². The van der Waals surface area contributed by atoms with E-state index in [1.807, 2.05) is 18.2 Å². The number of aromatic nitrogens is 2. The summed E-state index contributed by atoms with van der Waals surface area (Å²) < 4.78 is 39.3. The lowest BCUT2D eigenvalue weighted by molar-refractivity contribution is -0.137. The minimum atomic E-state index is -4.46. The van der Waals surface area contributed by atoms with Crippen LogP contribution >= 0.6 is 11.3 Å². The van der Waals surface area contributed by atoms with Crippen LogP contribution in [-0.2, 0) is 11.0 Å². The number of nitrogens with one attached hydrogen (secondary N) is 2. The highest BCUT2D eigenvalue weighted by Crippen LogP contribution is 2.35. The zero-order valence-corrected chi connectivity index (χ0v) is 15.6. The molecular weight excluding hydrogens is 399 g/mol. The van der Waals surface area contributed by atoms with Crippen LogP contribution in [0.2, 0.25) is 0 Å². The molecule has 0 saturated heterocycles. The van der Waals surface area contributed by atoms with Crippen molar-refractivity contribution in [1.82, 2.24) is 9.97 Å². The lowest BCUT2D eigenvalue weighted by Crippen LogP contribution is -2.08. The van der Waals surface area contributed by atoms with Crippen LogP contribution in [0.15, 0.2) is 66.3 Å². The number of carbonyl (C=O) groups excluding carboxylic acids is 1. The molecule has 4 aromatic rings. The monoisotopic (exact) mass is 413 g/mol. The summed E-state index contributed by atoms with van der Waals surface area (Å²) in [5, 5.41) is 5.85. The Morgan fingerprint density at radius 3 is 2.76 bits per heavy atom. The number of aromatic amines is 1. The molecule has 0 bridgehead atoms. The maximum Gasteiger partial charge on any atom is 0.416 e. The van der Waals surface area contributed by atoms with Gasteiger partial charge in [-0.2, -0.15) is 13.2 Å². The number of rotatable bonds is 4. The maximum atomic E-state index is 13.1. The van der Waals surface area contributed by atoms with Crippen molar-refractivity contribution in [3.8, 4) is 10.6 Å². The lowest BCUT2D eigenvalue weighted by Gasteiger charge is -2.10. The van der Waals surface area contributed by atoms with E-state index in [9.17, 15) is 18.0 Å². The van der Waals surface area contributed by atoms with Crippen LogP contribution in [0, 0.1) is 0 Å². The fraction of sp³-hybridized carbons (Fsp3) is 0.0476. The SMILES string of the molecule is O=C(/C=C/c1ccc(C(F)(F)F)cc1-c1nccs1)Nc1ccc2[nH]ccc2c1. The van der Waals surface area contributed by atoms with Crippen LogP contribution in [0.3, 0.4) is 0 Å². The van der Waals surface area contributed by atoms with E-state index in [-0.39, 0.29) is 5.91 Å². The summed E-state index contributed by atoms with van der Waals surface area (Å²) in [5.41, 5.74) is 1.62. The number of alkyl halides is 3. The van der Waals surface area contributed by atoms with Crippen molar-refractivity contribution < 1.29 is 18.0 Å². The molecule has 0 aliphatic rings. The van der Waals surface area contributed by atoms with Crippen molar-refractivity contribution >= 4 is 39.9 Å². The molecule has 4 nitrogen and oxygen atoms in total. The fourth-order valence-electron chi connectivity index (χ4n) is 2.90. The highest BCUT2D eigenvalue weighted by atomic mass is 32.1. The van der Waals surface area contributed by atoms with Gasteiger partial charge in [0.25, 0.3) is 0 Å². The number of benzene rings is 2. The number of anilines is 1. The van der Waals surface area contributed by atoms with Crippen LogP contribution in [-0.4, -0.2) is 15.9 Å². The molecule has 2 aromatic carbocycles. The van der Waals surface area contributed by atoms with Crippen molar-refractivity contribution in [2.24, 2.45) is 0 Å². The molecule has 0 saturated carbocycles. The number of halogens is 3. The molecule has 0 aliphatic heterocycles. The molecule has 2 N–H and O–H groups in total. The lowest BCUT2D eigenvalue weighted by atomic mass is 10.0. The maximum absolute atomic E-state index is 13.1. The molecule has 1 amide bonds. The number of carbonyl (C=O) groups is 1. The van der Waals surface area contributed by atoms with Gasteiger partial charge in [0.15, 0.2) is 0 Å². The van der Waals surface area contributed by atoms with Gasteiger partial charge in [-0.3, -0.25) is 4.79 Å². The zero-order valence-electron chi connectivity index (χ0n) is 14.8. The third kappa shape index (κ3) is 4.22. The molecule has 29 heavy (non-hydrogen) atoms. The Morgan fingerprint density at radius 1 is 1.14 bits per heavy atom. The second-order valence-electron chi connectivity index (χ2n) is 6.24. The molecule has 0 aliphatic carbocycles. The summed E-state index contributed by atoms with van der Waals surface area (Å²) >= 11 is 1.23. The Kier molecular flexibility index (Phi) is 4.94. The van der Waals surface area contributed by atoms with E-state index in [2.05, 4.69) is 15.3 Å². The third-order valence-corrected chi connectivity index (χ3v) is 5.08. The van der Waals surface area contributed by atoms with E-state index in [1.165, 1.54) is 35.8 Å². The topological polar surface area (TPSA) is 57.8 Å². The smallest absolute Gasteiger partial charge is 0.361 e. The third-order valence-electron chi connectivity index (χ3n) is 4.28. The molecule has 0 unspecified atom stereocenters. The highest BCUT2D eigenvalue weighted by Gasteiger charge is 2.31. The summed E-state index contributed by atoms with van der Waals surface area (Å²) in [7, 11) is 0. The summed E-state index contributed by atoms with van der Waals surface area (Å²) in [6.45, 7) is 0. The first-order chi connectivity index (χ1) is 13.9. The van der Waals surface area contributed by atoms with Gasteiger partial charge in [0.05, 0.1) is 5.56 Å². The predicted octanol–water partition coefficient (Wildman–Crippen LogP) is 5.96. The van der Waals surface area contributed by atoms with Gasteiger partial charge < -0.3 is 10.3 Å². The number of H-pyrrole nitrogens is 1. The summed E-state index contributed by atoms with van der Waals surface area (Å²) in [5.74, 6) is -0.384. The van der Waals surface area contributed by atoms with E-state index in [1.54, 1.807) is 17.6 Å². The largest absolute Gasteiger partial charge is 0.416 e. The Hall–Kier alpha value is -3.39. The number of thiazole rings is 1. The second kappa shape index (κ2) is 7.56. The van der Waals surface area contributed by atoms with Gasteiger partial charge in [0.1, 0.15) is 5.01 Å². The van der Waals surface area contributed by atoms with Crippen molar-refractivity contribution in [3.63, 3.8) is 0 Å². The molecule has 8 heteroatoms. The Bertz CT molecular complexity index is 1190. The molecule has 0 atom stereocenters. The fourth-order valence-corrected chi connectivity index (χ4v) is 3.58. The Balaban J connectivity index is 1.59. The van der Waals surface area contributed by atoms with Gasteiger partial charge in [-0.05, 0) is 48.0 Å². The number of hydrogen-bond donors (Lipinski definition) is 2. The summed E-state index contributed by atoms with van der Waals surface area (Å²) in [6.07, 6.45) is 1.66. The van der Waals surface area contributed by atoms with Gasteiger partial charge in [-0.15, -0.1) is 11.3 Å². The molecule has 0 radical (unpaired) electrons. The average molecular weight is 413 g/mol. The predicted molar refractivity (Wildman–Crippen MR) is 109 cm³/mol. The van der Waals surface area contributed by atoms with E-state index in [4.69, 9.17) is 0 Å². The molecule has 146 valence electrons. The van der Waals surface area contributed by atoms with E-state index >= 15 is 0 Å². The first kappa shape index (κ1) is 18.9. The van der Waals surface area contributed by atoms with Crippen LogP contribution in [0.5, 0.6) is 0 Å². The van der Waals surface area contributed by atoms with Crippen LogP contribution in [0.25, 0.3) is 27.6 Å². The number of nitrogens with zero attached hydrogens (tertiary/aromatic N) is 1. The average Bonchev–Trinajstić information content (AvgIpc) is 3.37. The zero-order chi connectivity index (χ0) is 20.4. The highest BCUT2D eigenvalue weighted by molar-refractivity contribution is 7.13. The van der Waals surface area contributed by atoms with Gasteiger partial charge in [-0.1, -0.05) is 6.07 Å². The number of hydrogen-bond acceptors (Lipinski definition) is 3. The first-order valence-corrected chi connectivity index (χ1v) is 9.45. The van der Waals surface area contributed by atoms with Crippen molar-refractivity contribution in [3.05, 3.63) is 77.4 Å². The molecule has 2 aromatic heterocycles. The van der Waals surface area contributed by atoms with Crippen molar-refractivity contribution in [2.75, 3.05) is 5.32 Å². The molecule has 0 fully saturated rings. The Morgan fingerprint density at radius 2 is 2.00 bits per heavy atom. The van der Waals surface area contributed by atoms with Gasteiger partial charge in [0.2, 0.25) is 5.91 Å². The van der Waals surface area contributed by atoms with Crippen LogP contribution in [0.4, 0.5) is 18.9 Å². The minimum Gasteiger partial charge on any atom is -0.361 e. The summed E-state index contributed by atoms with van der Waals surface area (Å²) in [6, 6.07) is 10.7.